The third kappa shape index (κ3) is 4.33. The number of carbonyl (C=O) groups is 2. The van der Waals surface area contributed by atoms with E-state index in [4.69, 9.17) is 5.11 Å². The second-order valence-electron chi connectivity index (χ2n) is 6.09. The first-order chi connectivity index (χ1) is 9.76. The van der Waals surface area contributed by atoms with Crippen LogP contribution in [0, 0.1) is 5.92 Å². The van der Waals surface area contributed by atoms with E-state index in [9.17, 15) is 18.0 Å². The van der Waals surface area contributed by atoms with Crippen LogP contribution in [0.25, 0.3) is 0 Å². The van der Waals surface area contributed by atoms with Gasteiger partial charge < -0.3 is 15.3 Å². The number of hydrogen-bond acceptors (Lipinski definition) is 4. The first kappa shape index (κ1) is 16.1. The number of urea groups is 1. The predicted octanol–water partition coefficient (Wildman–Crippen LogP) is 0.458. The smallest absolute Gasteiger partial charge is 0.317 e. The van der Waals surface area contributed by atoms with Gasteiger partial charge in [-0.05, 0) is 31.6 Å². The number of aliphatic carboxylic acids is 1. The number of nitrogens with one attached hydrogen (secondary N) is 1. The van der Waals surface area contributed by atoms with Gasteiger partial charge in [0.05, 0.1) is 5.75 Å². The van der Waals surface area contributed by atoms with Crippen LogP contribution in [0.4, 0.5) is 4.79 Å². The summed E-state index contributed by atoms with van der Waals surface area (Å²) in [6.45, 7) is 0.117. The van der Waals surface area contributed by atoms with Gasteiger partial charge in [0.2, 0.25) is 0 Å². The Morgan fingerprint density at radius 3 is 2.29 bits per heavy atom. The van der Waals surface area contributed by atoms with Gasteiger partial charge in [-0.15, -0.1) is 0 Å². The molecule has 2 saturated heterocycles. The van der Waals surface area contributed by atoms with E-state index in [0.717, 1.165) is 31.9 Å². The van der Waals surface area contributed by atoms with Gasteiger partial charge in [-0.25, -0.2) is 13.2 Å². The van der Waals surface area contributed by atoms with Crippen LogP contribution in [0.1, 0.15) is 32.1 Å². The number of amides is 2. The topological polar surface area (TPSA) is 104 Å². The van der Waals surface area contributed by atoms with Crippen molar-refractivity contribution in [3.63, 3.8) is 0 Å². The zero-order valence-electron chi connectivity index (χ0n) is 12.1. The Morgan fingerprint density at radius 1 is 1.24 bits per heavy atom. The molecule has 0 aromatic carbocycles. The van der Waals surface area contributed by atoms with E-state index in [2.05, 4.69) is 5.32 Å². The van der Waals surface area contributed by atoms with Crippen LogP contribution in [0.15, 0.2) is 0 Å². The summed E-state index contributed by atoms with van der Waals surface area (Å²) < 4.78 is 22.1. The number of carboxylic acid groups (broad SMARTS) is 1. The highest BCUT2D eigenvalue weighted by Crippen LogP contribution is 2.39. The quantitative estimate of drug-likeness (QED) is 0.766. The number of carboxylic acids is 1. The van der Waals surface area contributed by atoms with Gasteiger partial charge in [-0.1, -0.05) is 0 Å². The lowest BCUT2D eigenvalue weighted by Gasteiger charge is -2.38. The minimum absolute atomic E-state index is 0.0659. The third-order valence-corrected chi connectivity index (χ3v) is 5.22. The van der Waals surface area contributed by atoms with E-state index >= 15 is 0 Å². The minimum atomic E-state index is -3.08. The highest BCUT2D eigenvalue weighted by atomic mass is 32.2. The van der Waals surface area contributed by atoms with Gasteiger partial charge in [0.25, 0.3) is 0 Å². The molecule has 2 atom stereocenters. The Morgan fingerprint density at radius 2 is 1.81 bits per heavy atom. The molecular formula is C13H22N2O5S. The predicted molar refractivity (Wildman–Crippen MR) is 76.7 cm³/mol. The molecule has 0 saturated carbocycles. The lowest BCUT2D eigenvalue weighted by Crippen LogP contribution is -2.51. The van der Waals surface area contributed by atoms with Crippen LogP contribution in [-0.2, 0) is 14.6 Å². The van der Waals surface area contributed by atoms with Crippen LogP contribution >= 0.6 is 0 Å². The maximum Gasteiger partial charge on any atom is 0.317 e. The van der Waals surface area contributed by atoms with Crippen LogP contribution < -0.4 is 5.32 Å². The molecule has 0 aromatic rings. The molecule has 2 heterocycles. The van der Waals surface area contributed by atoms with Crippen molar-refractivity contribution in [1.29, 1.82) is 0 Å². The second kappa shape index (κ2) is 6.21. The molecule has 0 spiro atoms. The second-order valence-corrected chi connectivity index (χ2v) is 8.35. The highest BCUT2D eigenvalue weighted by Gasteiger charge is 2.43. The lowest BCUT2D eigenvalue weighted by molar-refractivity contribution is -0.138. The van der Waals surface area contributed by atoms with Crippen LogP contribution in [0.3, 0.4) is 0 Å². The van der Waals surface area contributed by atoms with Crippen molar-refractivity contribution in [2.24, 2.45) is 5.92 Å². The van der Waals surface area contributed by atoms with E-state index in [-0.39, 0.29) is 42.8 Å². The molecule has 2 aliphatic heterocycles. The molecule has 0 radical (unpaired) electrons. The maximum absolute atomic E-state index is 12.2. The van der Waals surface area contributed by atoms with E-state index in [1.54, 1.807) is 4.90 Å². The lowest BCUT2D eigenvalue weighted by atomic mass is 9.88. The molecule has 2 fully saturated rings. The highest BCUT2D eigenvalue weighted by molar-refractivity contribution is 7.90. The first-order valence-electron chi connectivity index (χ1n) is 7.22. The first-order valence-corrected chi connectivity index (χ1v) is 9.28. The standard InChI is InChI=1S/C13H22N2O5S/c1-21(19,20)5-4-14-13(18)15-10-2-3-11(15)7-9(6-10)8-12(16)17/h9-11H,2-8H2,1H3,(H,14,18)(H,16,17). The number of piperidine rings is 1. The van der Waals surface area contributed by atoms with Crippen LogP contribution in [0.5, 0.6) is 0 Å². The summed E-state index contributed by atoms with van der Waals surface area (Å²) in [6, 6.07) is -0.0439. The van der Waals surface area contributed by atoms with Gasteiger partial charge in [0.1, 0.15) is 9.84 Å². The Kier molecular flexibility index (Phi) is 4.75. The van der Waals surface area contributed by atoms with Crippen LogP contribution in [-0.4, -0.2) is 61.1 Å². The summed E-state index contributed by atoms with van der Waals surface area (Å²) >= 11 is 0. The zero-order valence-corrected chi connectivity index (χ0v) is 12.9. The number of nitrogens with zero attached hydrogens (tertiary/aromatic N) is 1. The molecule has 21 heavy (non-hydrogen) atoms. The zero-order chi connectivity index (χ0) is 15.6. The molecule has 2 unspecified atom stereocenters. The summed E-state index contributed by atoms with van der Waals surface area (Å²) in [6.07, 6.45) is 4.56. The Bertz CT molecular complexity index is 505. The van der Waals surface area contributed by atoms with E-state index < -0.39 is 15.8 Å². The summed E-state index contributed by atoms with van der Waals surface area (Å²) in [5, 5.41) is 11.5. The average Bonchev–Trinajstić information content (AvgIpc) is 2.59. The molecule has 2 amide bonds. The van der Waals surface area contributed by atoms with Crippen molar-refractivity contribution >= 4 is 21.8 Å². The molecule has 2 bridgehead atoms. The largest absolute Gasteiger partial charge is 0.481 e. The molecule has 120 valence electrons. The van der Waals surface area contributed by atoms with Crippen molar-refractivity contribution in [3.8, 4) is 0 Å². The Balaban J connectivity index is 1.88. The number of rotatable bonds is 5. The number of carbonyl (C=O) groups excluding carboxylic acids is 1. The number of sulfone groups is 1. The fourth-order valence-electron chi connectivity index (χ4n) is 3.47. The Hall–Kier alpha value is -1.31. The minimum Gasteiger partial charge on any atom is -0.481 e. The van der Waals surface area contributed by atoms with Crippen molar-refractivity contribution in [2.45, 2.75) is 44.2 Å². The SMILES string of the molecule is CS(=O)(=O)CCNC(=O)N1C2CCC1CC(CC(=O)O)C2. The Labute approximate surface area is 124 Å². The van der Waals surface area contributed by atoms with Gasteiger partial charge in [-0.3, -0.25) is 4.79 Å². The molecule has 2 aliphatic rings. The molecular weight excluding hydrogens is 296 g/mol. The fraction of sp³-hybridized carbons (Fsp3) is 0.846. The van der Waals surface area contributed by atoms with Gasteiger partial charge in [-0.2, -0.15) is 0 Å². The number of fused-ring (bicyclic) bond motifs is 2. The molecule has 7 nitrogen and oxygen atoms in total. The molecule has 0 aromatic heterocycles. The molecule has 2 rings (SSSR count). The molecule has 8 heteroatoms. The monoisotopic (exact) mass is 318 g/mol. The van der Waals surface area contributed by atoms with Crippen molar-refractivity contribution < 1.29 is 23.1 Å². The van der Waals surface area contributed by atoms with Gasteiger partial charge >= 0.3 is 12.0 Å². The number of hydrogen-bond donors (Lipinski definition) is 2. The van der Waals surface area contributed by atoms with Crippen molar-refractivity contribution in [1.82, 2.24) is 10.2 Å². The van der Waals surface area contributed by atoms with E-state index in [0.29, 0.717) is 0 Å². The average molecular weight is 318 g/mol. The molecule has 0 aliphatic carbocycles. The maximum atomic E-state index is 12.2. The summed E-state index contributed by atoms with van der Waals surface area (Å²) in [5.74, 6) is -0.714. The van der Waals surface area contributed by atoms with Gasteiger partial charge in [0.15, 0.2) is 0 Å². The van der Waals surface area contributed by atoms with E-state index in [1.807, 2.05) is 0 Å². The summed E-state index contributed by atoms with van der Waals surface area (Å²) in [5.41, 5.74) is 0. The van der Waals surface area contributed by atoms with Gasteiger partial charge in [0, 0.05) is 31.3 Å². The van der Waals surface area contributed by atoms with E-state index in [1.165, 1.54) is 0 Å². The normalized spacial score (nSPS) is 28.4. The van der Waals surface area contributed by atoms with Crippen molar-refractivity contribution in [3.05, 3.63) is 0 Å². The van der Waals surface area contributed by atoms with Crippen molar-refractivity contribution in [2.75, 3.05) is 18.6 Å². The fourth-order valence-corrected chi connectivity index (χ4v) is 3.94. The third-order valence-electron chi connectivity index (χ3n) is 4.28. The molecule has 2 N–H and O–H groups in total. The summed E-state index contributed by atoms with van der Waals surface area (Å²) in [4.78, 5) is 24.8. The summed E-state index contributed by atoms with van der Waals surface area (Å²) in [7, 11) is -3.08. The van der Waals surface area contributed by atoms with Crippen LogP contribution in [0.2, 0.25) is 0 Å².